The van der Waals surface area contributed by atoms with Crippen LogP contribution < -0.4 is 5.73 Å². The average molecular weight is 277 g/mol. The van der Waals surface area contributed by atoms with Crippen molar-refractivity contribution in [2.24, 2.45) is 11.7 Å². The van der Waals surface area contributed by atoms with Crippen LogP contribution in [0.4, 0.5) is 0 Å². The molecule has 3 unspecified atom stereocenters. The van der Waals surface area contributed by atoms with Crippen LogP contribution in [0.5, 0.6) is 0 Å². The Hall–Kier alpha value is -0.320. The first-order valence-corrected chi connectivity index (χ1v) is 6.77. The summed E-state index contributed by atoms with van der Waals surface area (Å²) in [6.07, 6.45) is 6.23. The summed E-state index contributed by atoms with van der Waals surface area (Å²) in [5, 5.41) is 0. The first-order valence-electron chi connectivity index (χ1n) is 6.77. The number of rotatable bonds is 3. The third-order valence-electron chi connectivity index (χ3n) is 4.25. The molecule has 18 heavy (non-hydrogen) atoms. The Morgan fingerprint density at radius 1 is 1.33 bits per heavy atom. The SMILES string of the molecule is CN(C(=O)CC1CCCCC1N)C1CCOC1.Cl. The molecule has 1 saturated carbocycles. The maximum atomic E-state index is 12.2. The van der Waals surface area contributed by atoms with Crippen LogP contribution in [-0.4, -0.2) is 43.2 Å². The van der Waals surface area contributed by atoms with Crippen LogP contribution in [0.3, 0.4) is 0 Å². The molecule has 1 amide bonds. The van der Waals surface area contributed by atoms with Crippen molar-refractivity contribution in [3.8, 4) is 0 Å². The van der Waals surface area contributed by atoms with Crippen molar-refractivity contribution in [3.63, 3.8) is 0 Å². The molecule has 4 nitrogen and oxygen atoms in total. The highest BCUT2D eigenvalue weighted by Gasteiger charge is 2.29. The molecule has 2 aliphatic rings. The third-order valence-corrected chi connectivity index (χ3v) is 4.25. The van der Waals surface area contributed by atoms with E-state index >= 15 is 0 Å². The molecule has 0 aromatic rings. The molecule has 1 aliphatic heterocycles. The molecule has 1 saturated heterocycles. The zero-order valence-electron chi connectivity index (χ0n) is 11.1. The number of hydrogen-bond acceptors (Lipinski definition) is 3. The summed E-state index contributed by atoms with van der Waals surface area (Å²) in [7, 11) is 1.90. The number of nitrogens with zero attached hydrogens (tertiary/aromatic N) is 1. The maximum Gasteiger partial charge on any atom is 0.222 e. The molecular formula is C13H25ClN2O2. The van der Waals surface area contributed by atoms with Gasteiger partial charge in [0.2, 0.25) is 5.91 Å². The van der Waals surface area contributed by atoms with Gasteiger partial charge in [-0.15, -0.1) is 12.4 Å². The van der Waals surface area contributed by atoms with Gasteiger partial charge in [0.05, 0.1) is 12.6 Å². The second-order valence-electron chi connectivity index (χ2n) is 5.43. The van der Waals surface area contributed by atoms with E-state index in [4.69, 9.17) is 10.5 Å². The molecule has 2 N–H and O–H groups in total. The van der Waals surface area contributed by atoms with Crippen molar-refractivity contribution in [2.75, 3.05) is 20.3 Å². The zero-order chi connectivity index (χ0) is 12.3. The van der Waals surface area contributed by atoms with Crippen LogP contribution in [0.1, 0.15) is 38.5 Å². The Kier molecular flexibility index (Phi) is 6.39. The van der Waals surface area contributed by atoms with E-state index in [2.05, 4.69) is 0 Å². The highest BCUT2D eigenvalue weighted by Crippen LogP contribution is 2.26. The standard InChI is InChI=1S/C13H24N2O2.ClH/c1-15(11-6-7-17-9-11)13(16)8-10-4-2-3-5-12(10)14;/h10-12H,2-9,14H2,1H3;1H. The summed E-state index contributed by atoms with van der Waals surface area (Å²) in [6, 6.07) is 0.503. The lowest BCUT2D eigenvalue weighted by molar-refractivity contribution is -0.133. The maximum absolute atomic E-state index is 12.2. The van der Waals surface area contributed by atoms with E-state index in [1.54, 1.807) is 0 Å². The number of nitrogens with two attached hydrogens (primary N) is 1. The molecule has 0 bridgehead atoms. The van der Waals surface area contributed by atoms with Crippen LogP contribution in [0.25, 0.3) is 0 Å². The number of halogens is 1. The van der Waals surface area contributed by atoms with E-state index in [0.29, 0.717) is 18.9 Å². The topological polar surface area (TPSA) is 55.6 Å². The quantitative estimate of drug-likeness (QED) is 0.851. The Bertz CT molecular complexity index is 270. The van der Waals surface area contributed by atoms with Gasteiger partial charge in [-0.3, -0.25) is 4.79 Å². The smallest absolute Gasteiger partial charge is 0.222 e. The van der Waals surface area contributed by atoms with Crippen LogP contribution in [0, 0.1) is 5.92 Å². The van der Waals surface area contributed by atoms with Crippen molar-refractivity contribution < 1.29 is 9.53 Å². The number of carbonyl (C=O) groups is 1. The number of amides is 1. The van der Waals surface area contributed by atoms with E-state index in [9.17, 15) is 4.79 Å². The normalized spacial score (nSPS) is 31.8. The third kappa shape index (κ3) is 3.84. The molecule has 0 radical (unpaired) electrons. The Balaban J connectivity index is 0.00000162. The number of carbonyl (C=O) groups excluding carboxylic acids is 1. The van der Waals surface area contributed by atoms with Crippen molar-refractivity contribution in [1.82, 2.24) is 4.90 Å². The lowest BCUT2D eigenvalue weighted by Gasteiger charge is -2.31. The van der Waals surface area contributed by atoms with E-state index in [1.807, 2.05) is 11.9 Å². The molecular weight excluding hydrogens is 252 g/mol. The van der Waals surface area contributed by atoms with Crippen molar-refractivity contribution >= 4 is 18.3 Å². The number of ether oxygens (including phenoxy) is 1. The van der Waals surface area contributed by atoms with Gasteiger partial charge in [-0.05, 0) is 25.2 Å². The first-order chi connectivity index (χ1) is 8.18. The van der Waals surface area contributed by atoms with Gasteiger partial charge in [0.15, 0.2) is 0 Å². The highest BCUT2D eigenvalue weighted by molar-refractivity contribution is 5.85. The lowest BCUT2D eigenvalue weighted by atomic mass is 9.82. The molecule has 2 fully saturated rings. The van der Waals surface area contributed by atoms with Crippen LogP contribution in [-0.2, 0) is 9.53 Å². The predicted octanol–water partition coefficient (Wildman–Crippen LogP) is 1.56. The van der Waals surface area contributed by atoms with Gasteiger partial charge in [-0.1, -0.05) is 12.8 Å². The largest absolute Gasteiger partial charge is 0.379 e. The van der Waals surface area contributed by atoms with Gasteiger partial charge >= 0.3 is 0 Å². The van der Waals surface area contributed by atoms with Gasteiger partial charge in [0, 0.05) is 26.1 Å². The van der Waals surface area contributed by atoms with Crippen LogP contribution in [0.15, 0.2) is 0 Å². The average Bonchev–Trinajstić information content (AvgIpc) is 2.84. The highest BCUT2D eigenvalue weighted by atomic mass is 35.5. The monoisotopic (exact) mass is 276 g/mol. The molecule has 1 aliphatic carbocycles. The van der Waals surface area contributed by atoms with E-state index in [-0.39, 0.29) is 30.4 Å². The second-order valence-corrected chi connectivity index (χ2v) is 5.43. The van der Waals surface area contributed by atoms with Gasteiger partial charge < -0.3 is 15.4 Å². The van der Waals surface area contributed by atoms with Crippen molar-refractivity contribution in [2.45, 2.75) is 50.6 Å². The Morgan fingerprint density at radius 3 is 2.67 bits per heavy atom. The number of likely N-dealkylation sites (N-methyl/N-ethyl adjacent to an activating group) is 1. The fourth-order valence-electron chi connectivity index (χ4n) is 2.89. The molecule has 5 heteroatoms. The minimum atomic E-state index is 0. The fourth-order valence-corrected chi connectivity index (χ4v) is 2.89. The van der Waals surface area contributed by atoms with E-state index < -0.39 is 0 Å². The molecule has 106 valence electrons. The molecule has 0 spiro atoms. The Labute approximate surface area is 116 Å². The van der Waals surface area contributed by atoms with E-state index in [1.165, 1.54) is 12.8 Å². The summed E-state index contributed by atoms with van der Waals surface area (Å²) >= 11 is 0. The van der Waals surface area contributed by atoms with Crippen LogP contribution in [0.2, 0.25) is 0 Å². The lowest BCUT2D eigenvalue weighted by Crippen LogP contribution is -2.41. The van der Waals surface area contributed by atoms with E-state index in [0.717, 1.165) is 25.9 Å². The molecule has 0 aromatic heterocycles. The summed E-state index contributed by atoms with van der Waals surface area (Å²) in [6.45, 7) is 1.48. The fraction of sp³-hybridized carbons (Fsp3) is 0.923. The van der Waals surface area contributed by atoms with Gasteiger partial charge in [-0.25, -0.2) is 0 Å². The molecule has 2 rings (SSSR count). The molecule has 3 atom stereocenters. The summed E-state index contributed by atoms with van der Waals surface area (Å²) in [5.41, 5.74) is 6.09. The summed E-state index contributed by atoms with van der Waals surface area (Å²) in [4.78, 5) is 14.0. The molecule has 0 aromatic carbocycles. The first kappa shape index (κ1) is 15.7. The predicted molar refractivity (Wildman–Crippen MR) is 73.8 cm³/mol. The molecule has 1 heterocycles. The zero-order valence-corrected chi connectivity index (χ0v) is 12.0. The van der Waals surface area contributed by atoms with Gasteiger partial charge in [0.1, 0.15) is 0 Å². The minimum Gasteiger partial charge on any atom is -0.379 e. The summed E-state index contributed by atoms with van der Waals surface area (Å²) in [5.74, 6) is 0.629. The van der Waals surface area contributed by atoms with Crippen molar-refractivity contribution in [1.29, 1.82) is 0 Å². The van der Waals surface area contributed by atoms with Gasteiger partial charge in [-0.2, -0.15) is 0 Å². The summed E-state index contributed by atoms with van der Waals surface area (Å²) < 4.78 is 5.32. The Morgan fingerprint density at radius 2 is 2.06 bits per heavy atom. The number of hydrogen-bond donors (Lipinski definition) is 1. The van der Waals surface area contributed by atoms with Crippen LogP contribution >= 0.6 is 12.4 Å². The second kappa shape index (κ2) is 7.31. The van der Waals surface area contributed by atoms with Gasteiger partial charge in [0.25, 0.3) is 0 Å². The van der Waals surface area contributed by atoms with Crippen molar-refractivity contribution in [3.05, 3.63) is 0 Å². The minimum absolute atomic E-state index is 0.